The van der Waals surface area contributed by atoms with E-state index < -0.39 is 5.91 Å². The molecule has 0 aliphatic rings. The summed E-state index contributed by atoms with van der Waals surface area (Å²) in [5.74, 6) is -0.879. The number of ether oxygens (including phenoxy) is 1. The molecule has 0 saturated carbocycles. The van der Waals surface area contributed by atoms with E-state index in [1.165, 1.54) is 12.3 Å². The van der Waals surface area contributed by atoms with Gasteiger partial charge in [-0.3, -0.25) is 14.4 Å². The lowest BCUT2D eigenvalue weighted by Gasteiger charge is -2.04. The summed E-state index contributed by atoms with van der Waals surface area (Å²) < 4.78 is 4.71. The van der Waals surface area contributed by atoms with Crippen LogP contribution in [0.1, 0.15) is 29.4 Å². The van der Waals surface area contributed by atoms with Gasteiger partial charge in [0.25, 0.3) is 5.91 Å². The van der Waals surface area contributed by atoms with Crippen molar-refractivity contribution in [3.05, 3.63) is 33.7 Å². The van der Waals surface area contributed by atoms with Crippen molar-refractivity contribution in [2.24, 2.45) is 0 Å². The fourth-order valence-electron chi connectivity index (χ4n) is 1.36. The summed E-state index contributed by atoms with van der Waals surface area (Å²) in [6.45, 7) is 3.89. The van der Waals surface area contributed by atoms with Gasteiger partial charge in [-0.25, -0.2) is 0 Å². The highest BCUT2D eigenvalue weighted by atomic mass is 16.5. The number of aromatic nitrogens is 1. The summed E-state index contributed by atoms with van der Waals surface area (Å²) in [4.78, 5) is 37.0. The zero-order valence-corrected chi connectivity index (χ0v) is 10.4. The van der Waals surface area contributed by atoms with E-state index >= 15 is 0 Å². The van der Waals surface area contributed by atoms with Crippen LogP contribution < -0.4 is 10.7 Å². The minimum atomic E-state index is -0.499. The highest BCUT2D eigenvalue weighted by Gasteiger charge is 2.10. The van der Waals surface area contributed by atoms with Gasteiger partial charge in [0.15, 0.2) is 5.43 Å². The smallest absolute Gasteiger partial charge is 0.307 e. The van der Waals surface area contributed by atoms with Crippen LogP contribution in [0.25, 0.3) is 0 Å². The summed E-state index contributed by atoms with van der Waals surface area (Å²) in [7, 11) is 0. The molecule has 1 aromatic heterocycles. The Hall–Kier alpha value is -2.11. The summed E-state index contributed by atoms with van der Waals surface area (Å²) in [6.07, 6.45) is 1.45. The average Bonchev–Trinajstić information content (AvgIpc) is 2.29. The average molecular weight is 252 g/mol. The molecule has 2 N–H and O–H groups in total. The van der Waals surface area contributed by atoms with Gasteiger partial charge in [-0.1, -0.05) is 0 Å². The van der Waals surface area contributed by atoms with Crippen molar-refractivity contribution in [3.63, 3.8) is 0 Å². The van der Waals surface area contributed by atoms with Crippen molar-refractivity contribution in [3.8, 4) is 0 Å². The van der Waals surface area contributed by atoms with Crippen LogP contribution >= 0.6 is 0 Å². The highest BCUT2D eigenvalue weighted by molar-refractivity contribution is 5.93. The third kappa shape index (κ3) is 4.04. The van der Waals surface area contributed by atoms with Crippen molar-refractivity contribution in [1.29, 1.82) is 0 Å². The standard InChI is InChI=1S/C12H16N2O4/c1-3-18-11(16)4-5-13-12(17)9-7-14-8(2)6-10(9)15/h6-7H,3-5H2,1-2H3,(H,13,17)(H,14,15). The van der Waals surface area contributed by atoms with Crippen molar-refractivity contribution in [2.45, 2.75) is 20.3 Å². The predicted molar refractivity (Wildman–Crippen MR) is 65.4 cm³/mol. The molecule has 1 amide bonds. The van der Waals surface area contributed by atoms with Crippen LogP contribution in [-0.2, 0) is 9.53 Å². The van der Waals surface area contributed by atoms with Crippen molar-refractivity contribution >= 4 is 11.9 Å². The van der Waals surface area contributed by atoms with E-state index in [1.807, 2.05) is 0 Å². The lowest BCUT2D eigenvalue weighted by atomic mass is 10.2. The molecule has 0 unspecified atom stereocenters. The molecule has 18 heavy (non-hydrogen) atoms. The third-order valence-electron chi connectivity index (χ3n) is 2.22. The van der Waals surface area contributed by atoms with E-state index in [2.05, 4.69) is 10.3 Å². The Balaban J connectivity index is 2.51. The third-order valence-corrected chi connectivity index (χ3v) is 2.22. The Labute approximate surface area is 104 Å². The molecule has 0 saturated heterocycles. The van der Waals surface area contributed by atoms with Crippen molar-refractivity contribution < 1.29 is 14.3 Å². The molecule has 0 fully saturated rings. The molecule has 0 atom stereocenters. The fraction of sp³-hybridized carbons (Fsp3) is 0.417. The normalized spacial score (nSPS) is 9.89. The molecule has 1 heterocycles. The van der Waals surface area contributed by atoms with Gasteiger partial charge in [0, 0.05) is 24.5 Å². The van der Waals surface area contributed by atoms with E-state index in [4.69, 9.17) is 4.74 Å². The number of amides is 1. The molecule has 0 bridgehead atoms. The van der Waals surface area contributed by atoms with Gasteiger partial charge in [-0.05, 0) is 13.8 Å². The SMILES string of the molecule is CCOC(=O)CCNC(=O)c1c[nH]c(C)cc1=O. The zero-order valence-electron chi connectivity index (χ0n) is 10.4. The number of hydrogen-bond acceptors (Lipinski definition) is 4. The zero-order chi connectivity index (χ0) is 13.5. The van der Waals surface area contributed by atoms with Gasteiger partial charge >= 0.3 is 5.97 Å². The maximum Gasteiger partial charge on any atom is 0.307 e. The number of rotatable bonds is 5. The Kier molecular flexibility index (Phi) is 5.10. The second-order valence-corrected chi connectivity index (χ2v) is 3.70. The van der Waals surface area contributed by atoms with Crippen LogP contribution in [-0.4, -0.2) is 30.0 Å². The van der Waals surface area contributed by atoms with Crippen molar-refractivity contribution in [1.82, 2.24) is 10.3 Å². The lowest BCUT2D eigenvalue weighted by molar-refractivity contribution is -0.142. The molecule has 0 aromatic carbocycles. The molecule has 98 valence electrons. The molecule has 1 rings (SSSR count). The monoisotopic (exact) mass is 252 g/mol. The number of carbonyl (C=O) groups excluding carboxylic acids is 2. The predicted octanol–water partition coefficient (Wildman–Crippen LogP) is 0.366. The molecular formula is C12H16N2O4. The Bertz CT molecular complexity index is 493. The molecular weight excluding hydrogens is 236 g/mol. The summed E-state index contributed by atoms with van der Waals surface area (Å²) in [5, 5.41) is 2.49. The van der Waals surface area contributed by atoms with Gasteiger partial charge in [0.05, 0.1) is 13.0 Å². The molecule has 1 aromatic rings. The topological polar surface area (TPSA) is 88.3 Å². The van der Waals surface area contributed by atoms with E-state index in [-0.39, 0.29) is 29.9 Å². The molecule has 6 nitrogen and oxygen atoms in total. The number of aromatic amines is 1. The van der Waals surface area contributed by atoms with Crippen molar-refractivity contribution in [2.75, 3.05) is 13.2 Å². The summed E-state index contributed by atoms with van der Waals surface area (Å²) >= 11 is 0. The molecule has 0 aliphatic heterocycles. The number of hydrogen-bond donors (Lipinski definition) is 2. The molecule has 0 spiro atoms. The number of aryl methyl sites for hydroxylation is 1. The largest absolute Gasteiger partial charge is 0.466 e. The van der Waals surface area contributed by atoms with Crippen LogP contribution in [0.5, 0.6) is 0 Å². The van der Waals surface area contributed by atoms with Crippen LogP contribution in [0.15, 0.2) is 17.1 Å². The maximum absolute atomic E-state index is 11.6. The van der Waals surface area contributed by atoms with Crippen LogP contribution in [0, 0.1) is 6.92 Å². The number of carbonyl (C=O) groups is 2. The van der Waals surface area contributed by atoms with E-state index in [0.29, 0.717) is 12.3 Å². The van der Waals surface area contributed by atoms with Gasteiger partial charge in [0.1, 0.15) is 5.56 Å². The van der Waals surface area contributed by atoms with Gasteiger partial charge in [0.2, 0.25) is 0 Å². The van der Waals surface area contributed by atoms with Gasteiger partial charge in [-0.15, -0.1) is 0 Å². The first kappa shape index (κ1) is 14.0. The number of esters is 1. The first-order valence-corrected chi connectivity index (χ1v) is 5.67. The number of pyridine rings is 1. The van der Waals surface area contributed by atoms with E-state index in [9.17, 15) is 14.4 Å². The first-order valence-electron chi connectivity index (χ1n) is 5.67. The summed E-state index contributed by atoms with van der Waals surface area (Å²) in [6, 6.07) is 1.35. The Morgan fingerprint density at radius 2 is 2.17 bits per heavy atom. The van der Waals surface area contributed by atoms with Crippen LogP contribution in [0.3, 0.4) is 0 Å². The second-order valence-electron chi connectivity index (χ2n) is 3.70. The quantitative estimate of drug-likeness (QED) is 0.741. The second kappa shape index (κ2) is 6.58. The molecule has 0 radical (unpaired) electrons. The minimum Gasteiger partial charge on any atom is -0.466 e. The van der Waals surface area contributed by atoms with Crippen LogP contribution in [0.4, 0.5) is 0 Å². The minimum absolute atomic E-state index is 0.0319. The Morgan fingerprint density at radius 1 is 1.44 bits per heavy atom. The molecule has 0 aliphatic carbocycles. The number of nitrogens with one attached hydrogen (secondary N) is 2. The van der Waals surface area contributed by atoms with Gasteiger partial charge in [-0.2, -0.15) is 0 Å². The Morgan fingerprint density at radius 3 is 2.78 bits per heavy atom. The van der Waals surface area contributed by atoms with E-state index in [0.717, 1.165) is 0 Å². The first-order chi connectivity index (χ1) is 8.54. The van der Waals surface area contributed by atoms with Gasteiger partial charge < -0.3 is 15.0 Å². The number of H-pyrrole nitrogens is 1. The molecule has 6 heteroatoms. The fourth-order valence-corrected chi connectivity index (χ4v) is 1.36. The highest BCUT2D eigenvalue weighted by Crippen LogP contribution is 1.92. The lowest BCUT2D eigenvalue weighted by Crippen LogP contribution is -2.30. The van der Waals surface area contributed by atoms with Crippen LogP contribution in [0.2, 0.25) is 0 Å². The summed E-state index contributed by atoms with van der Waals surface area (Å²) in [5.41, 5.74) is 0.368. The van der Waals surface area contributed by atoms with E-state index in [1.54, 1.807) is 13.8 Å². The maximum atomic E-state index is 11.6.